The van der Waals surface area contributed by atoms with Crippen molar-refractivity contribution in [3.63, 3.8) is 0 Å². The minimum absolute atomic E-state index is 0.0200. The lowest BCUT2D eigenvalue weighted by atomic mass is 9.95. The van der Waals surface area contributed by atoms with E-state index in [1.54, 1.807) is 11.3 Å². The Balaban J connectivity index is 1.51. The molecule has 0 radical (unpaired) electrons. The molecule has 178 valence electrons. The van der Waals surface area contributed by atoms with Gasteiger partial charge in [0.15, 0.2) is 5.82 Å². The summed E-state index contributed by atoms with van der Waals surface area (Å²) in [6.07, 6.45) is 6.87. The fourth-order valence-corrected chi connectivity index (χ4v) is 5.93. The SMILES string of the molecule is CCC(c1nnnn1C1CCCCC1)N(Cc1cccs1)Cc1cc2cc(C)ccc2[nH]c1=O. The van der Waals surface area contributed by atoms with Gasteiger partial charge >= 0.3 is 0 Å². The molecule has 1 N–H and O–H groups in total. The summed E-state index contributed by atoms with van der Waals surface area (Å²) in [5.74, 6) is 0.916. The molecule has 1 fully saturated rings. The van der Waals surface area contributed by atoms with Crippen molar-refractivity contribution in [3.8, 4) is 0 Å². The van der Waals surface area contributed by atoms with Crippen LogP contribution in [0.3, 0.4) is 0 Å². The molecule has 0 spiro atoms. The number of fused-ring (bicyclic) bond motifs is 1. The van der Waals surface area contributed by atoms with Crippen LogP contribution in [0.4, 0.5) is 0 Å². The number of benzene rings is 1. The highest BCUT2D eigenvalue weighted by Gasteiger charge is 2.29. The van der Waals surface area contributed by atoms with E-state index in [9.17, 15) is 4.79 Å². The van der Waals surface area contributed by atoms with Crippen molar-refractivity contribution in [3.05, 3.63) is 74.0 Å². The highest BCUT2D eigenvalue weighted by atomic mass is 32.1. The molecule has 4 aromatic rings. The molecule has 1 atom stereocenters. The van der Waals surface area contributed by atoms with Crippen molar-refractivity contribution in [2.75, 3.05) is 0 Å². The molecule has 0 bridgehead atoms. The van der Waals surface area contributed by atoms with Crippen LogP contribution in [-0.2, 0) is 13.1 Å². The van der Waals surface area contributed by atoms with Gasteiger partial charge in [-0.3, -0.25) is 9.69 Å². The van der Waals surface area contributed by atoms with Gasteiger partial charge in [-0.25, -0.2) is 4.68 Å². The van der Waals surface area contributed by atoms with Crippen LogP contribution >= 0.6 is 11.3 Å². The van der Waals surface area contributed by atoms with Crippen LogP contribution in [-0.4, -0.2) is 30.1 Å². The van der Waals surface area contributed by atoms with Crippen LogP contribution in [0, 0.1) is 6.92 Å². The molecule has 3 aromatic heterocycles. The van der Waals surface area contributed by atoms with E-state index < -0.39 is 0 Å². The summed E-state index contributed by atoms with van der Waals surface area (Å²) in [5.41, 5.74) is 2.79. The van der Waals surface area contributed by atoms with Crippen molar-refractivity contribution < 1.29 is 0 Å². The molecule has 5 rings (SSSR count). The lowest BCUT2D eigenvalue weighted by Crippen LogP contribution is -2.33. The van der Waals surface area contributed by atoms with Gasteiger partial charge in [-0.1, -0.05) is 43.9 Å². The van der Waals surface area contributed by atoms with E-state index >= 15 is 0 Å². The van der Waals surface area contributed by atoms with Crippen LogP contribution in [0.1, 0.15) is 79.4 Å². The number of nitrogens with zero attached hydrogens (tertiary/aromatic N) is 5. The second-order valence-electron chi connectivity index (χ2n) is 9.40. The Morgan fingerprint density at radius 2 is 2.03 bits per heavy atom. The van der Waals surface area contributed by atoms with Crippen molar-refractivity contribution in [1.82, 2.24) is 30.1 Å². The number of rotatable bonds is 8. The van der Waals surface area contributed by atoms with E-state index in [4.69, 9.17) is 0 Å². The Morgan fingerprint density at radius 1 is 1.18 bits per heavy atom. The maximum atomic E-state index is 13.0. The molecule has 1 unspecified atom stereocenters. The minimum atomic E-state index is -0.0331. The smallest absolute Gasteiger partial charge is 0.252 e. The Hall–Kier alpha value is -2.84. The van der Waals surface area contributed by atoms with Gasteiger partial charge in [0, 0.05) is 29.0 Å². The molecule has 1 aliphatic carbocycles. The van der Waals surface area contributed by atoms with E-state index in [-0.39, 0.29) is 11.6 Å². The van der Waals surface area contributed by atoms with Crippen molar-refractivity contribution in [1.29, 1.82) is 0 Å². The quantitative estimate of drug-likeness (QED) is 0.361. The lowest BCUT2D eigenvalue weighted by Gasteiger charge is -2.31. The molecule has 1 saturated carbocycles. The zero-order chi connectivity index (χ0) is 23.5. The number of aromatic nitrogens is 5. The number of pyridine rings is 1. The second-order valence-corrected chi connectivity index (χ2v) is 10.4. The molecule has 7 nitrogen and oxygen atoms in total. The van der Waals surface area contributed by atoms with Crippen molar-refractivity contribution in [2.45, 2.75) is 77.5 Å². The van der Waals surface area contributed by atoms with E-state index in [0.29, 0.717) is 12.6 Å². The summed E-state index contributed by atoms with van der Waals surface area (Å²) in [6.45, 7) is 5.54. The van der Waals surface area contributed by atoms with Gasteiger partial charge in [0.05, 0.1) is 12.1 Å². The van der Waals surface area contributed by atoms with E-state index in [1.807, 2.05) is 18.2 Å². The Morgan fingerprint density at radius 3 is 2.79 bits per heavy atom. The Labute approximate surface area is 203 Å². The summed E-state index contributed by atoms with van der Waals surface area (Å²) < 4.78 is 2.07. The van der Waals surface area contributed by atoms with E-state index in [2.05, 4.69) is 67.5 Å². The van der Waals surface area contributed by atoms with Gasteiger partial charge in [0.2, 0.25) is 0 Å². The van der Waals surface area contributed by atoms with Gasteiger partial charge in [-0.15, -0.1) is 16.4 Å². The summed E-state index contributed by atoms with van der Waals surface area (Å²) in [5, 5.41) is 16.2. The number of thiophene rings is 1. The van der Waals surface area contributed by atoms with Gasteiger partial charge in [-0.05, 0) is 71.6 Å². The van der Waals surface area contributed by atoms with Gasteiger partial charge in [-0.2, -0.15) is 0 Å². The van der Waals surface area contributed by atoms with Gasteiger partial charge < -0.3 is 4.98 Å². The summed E-state index contributed by atoms with van der Waals surface area (Å²) in [6, 6.07) is 12.8. The maximum Gasteiger partial charge on any atom is 0.252 e. The monoisotopic (exact) mass is 476 g/mol. The first kappa shape index (κ1) is 22.9. The summed E-state index contributed by atoms with van der Waals surface area (Å²) in [7, 11) is 0. The first-order valence-electron chi connectivity index (χ1n) is 12.3. The minimum Gasteiger partial charge on any atom is -0.322 e. The fraction of sp³-hybridized carbons (Fsp3) is 0.462. The van der Waals surface area contributed by atoms with Crippen LogP contribution in [0.25, 0.3) is 10.9 Å². The van der Waals surface area contributed by atoms with Gasteiger partial charge in [0.25, 0.3) is 5.56 Å². The zero-order valence-electron chi connectivity index (χ0n) is 19.9. The predicted octanol–water partition coefficient (Wildman–Crippen LogP) is 5.54. The zero-order valence-corrected chi connectivity index (χ0v) is 20.7. The Bertz CT molecular complexity index is 1290. The van der Waals surface area contributed by atoms with Crippen LogP contribution in [0.2, 0.25) is 0 Å². The second kappa shape index (κ2) is 10.2. The molecule has 0 aliphatic heterocycles. The molecule has 1 aliphatic rings. The highest BCUT2D eigenvalue weighted by Crippen LogP contribution is 2.33. The Kier molecular flexibility index (Phi) is 6.87. The third-order valence-electron chi connectivity index (χ3n) is 6.95. The number of aromatic amines is 1. The third kappa shape index (κ3) is 4.83. The summed E-state index contributed by atoms with van der Waals surface area (Å²) in [4.78, 5) is 19.8. The first-order chi connectivity index (χ1) is 16.6. The first-order valence-corrected chi connectivity index (χ1v) is 13.2. The molecule has 3 heterocycles. The standard InChI is InChI=1S/C26H32N6OS/c1-3-24(25-28-29-30-32(25)21-8-5-4-6-9-21)31(17-22-10-7-13-34-22)16-20-15-19-14-18(2)11-12-23(19)27-26(20)33/h7,10-15,21,24H,3-6,8-9,16-17H2,1-2H3,(H,27,33). The number of nitrogens with one attached hydrogen (secondary N) is 1. The summed E-state index contributed by atoms with van der Waals surface area (Å²) >= 11 is 1.74. The topological polar surface area (TPSA) is 79.7 Å². The van der Waals surface area contributed by atoms with Crippen molar-refractivity contribution >= 4 is 22.2 Å². The maximum absolute atomic E-state index is 13.0. The molecule has 0 amide bonds. The van der Waals surface area contributed by atoms with Crippen LogP contribution in [0.15, 0.2) is 46.6 Å². The van der Waals surface area contributed by atoms with Crippen LogP contribution in [0.5, 0.6) is 0 Å². The predicted molar refractivity (Wildman–Crippen MR) is 136 cm³/mol. The number of hydrogen-bond donors (Lipinski definition) is 1. The lowest BCUT2D eigenvalue weighted by molar-refractivity contribution is 0.157. The third-order valence-corrected chi connectivity index (χ3v) is 7.81. The molecule has 8 heteroatoms. The number of hydrogen-bond acceptors (Lipinski definition) is 6. The van der Waals surface area contributed by atoms with Crippen molar-refractivity contribution in [2.24, 2.45) is 0 Å². The average molecular weight is 477 g/mol. The van der Waals surface area contributed by atoms with Crippen LogP contribution < -0.4 is 5.56 Å². The highest BCUT2D eigenvalue weighted by molar-refractivity contribution is 7.09. The average Bonchev–Trinajstić information content (AvgIpc) is 3.53. The molecule has 34 heavy (non-hydrogen) atoms. The largest absolute Gasteiger partial charge is 0.322 e. The number of tetrazole rings is 1. The molecule has 1 aromatic carbocycles. The van der Waals surface area contributed by atoms with E-state index in [0.717, 1.165) is 48.1 Å². The number of H-pyrrole nitrogens is 1. The molecular weight excluding hydrogens is 444 g/mol. The number of aryl methyl sites for hydroxylation is 1. The molecule has 0 saturated heterocycles. The normalized spacial score (nSPS) is 15.9. The fourth-order valence-electron chi connectivity index (χ4n) is 5.20. The molecular formula is C26H32N6OS. The van der Waals surface area contributed by atoms with Gasteiger partial charge in [0.1, 0.15) is 0 Å². The van der Waals surface area contributed by atoms with E-state index in [1.165, 1.54) is 29.7 Å².